The van der Waals surface area contributed by atoms with Crippen LogP contribution < -0.4 is 20.7 Å². The van der Waals surface area contributed by atoms with Crippen molar-refractivity contribution in [3.05, 3.63) is 71.8 Å². The minimum Gasteiger partial charge on any atom is -0.457 e. The number of urea groups is 1. The summed E-state index contributed by atoms with van der Waals surface area (Å²) in [6, 6.07) is 18.2. The Morgan fingerprint density at radius 3 is 2.53 bits per heavy atom. The van der Waals surface area contributed by atoms with E-state index >= 15 is 0 Å². The van der Waals surface area contributed by atoms with Crippen LogP contribution in [0.2, 0.25) is 0 Å². The van der Waals surface area contributed by atoms with Crippen LogP contribution in [0.15, 0.2) is 60.7 Å². The van der Waals surface area contributed by atoms with Crippen molar-refractivity contribution in [3.63, 3.8) is 0 Å². The first-order valence-electron chi connectivity index (χ1n) is 10.9. The zero-order valence-corrected chi connectivity index (χ0v) is 18.5. The van der Waals surface area contributed by atoms with Gasteiger partial charge in [0.25, 0.3) is 0 Å². The third-order valence-corrected chi connectivity index (χ3v) is 5.54. The van der Waals surface area contributed by atoms with Gasteiger partial charge in [-0.1, -0.05) is 12.1 Å². The van der Waals surface area contributed by atoms with E-state index in [-0.39, 0.29) is 12.0 Å². The number of nitrogens with zero attached hydrogens (tertiary/aromatic N) is 1. The largest absolute Gasteiger partial charge is 0.457 e. The number of hydrogen-bond acceptors (Lipinski definition) is 5. The van der Waals surface area contributed by atoms with Crippen LogP contribution in [0.1, 0.15) is 17.5 Å². The number of carbonyl (C=O) groups excluding carboxylic acids is 2. The molecule has 0 saturated carbocycles. The molecule has 9 nitrogen and oxygen atoms in total. The minimum atomic E-state index is -0.611. The number of H-pyrrole nitrogens is 1. The monoisotopic (exact) mass is 457 g/mol. The first kappa shape index (κ1) is 21.3. The topological polar surface area (TPSA) is 117 Å². The Hall–Kier alpha value is -4.53. The van der Waals surface area contributed by atoms with Crippen LogP contribution in [0.5, 0.6) is 11.5 Å². The van der Waals surface area contributed by atoms with Gasteiger partial charge in [-0.05, 0) is 66.8 Å². The molecule has 1 heterocycles. The Morgan fingerprint density at radius 1 is 0.882 bits per heavy atom. The molecule has 0 atom stereocenters. The Labute approximate surface area is 195 Å². The number of benzene rings is 3. The van der Waals surface area contributed by atoms with Crippen LogP contribution in [0.4, 0.5) is 26.9 Å². The Balaban J connectivity index is 1.24. The molecule has 3 aromatic carbocycles. The molecule has 34 heavy (non-hydrogen) atoms. The number of aryl methyl sites for hydroxylation is 2. The number of aromatic amines is 1. The summed E-state index contributed by atoms with van der Waals surface area (Å²) in [5, 5.41) is 8.22. The fourth-order valence-corrected chi connectivity index (χ4v) is 3.97. The summed E-state index contributed by atoms with van der Waals surface area (Å²) in [5.74, 6) is 1.39. The average molecular weight is 457 g/mol. The third kappa shape index (κ3) is 4.78. The molecule has 0 fully saturated rings. The fourth-order valence-electron chi connectivity index (χ4n) is 3.97. The highest BCUT2D eigenvalue weighted by Gasteiger charge is 2.12. The zero-order chi connectivity index (χ0) is 23.5. The first-order valence-corrected chi connectivity index (χ1v) is 10.9. The number of hydrogen-bond donors (Lipinski definition) is 4. The van der Waals surface area contributed by atoms with Crippen LogP contribution in [-0.2, 0) is 17.6 Å². The van der Waals surface area contributed by atoms with Crippen molar-refractivity contribution in [3.8, 4) is 11.5 Å². The van der Waals surface area contributed by atoms with E-state index in [9.17, 15) is 9.59 Å². The van der Waals surface area contributed by atoms with Crippen molar-refractivity contribution in [1.29, 1.82) is 0 Å². The van der Waals surface area contributed by atoms with Crippen molar-refractivity contribution in [2.75, 3.05) is 23.1 Å². The predicted octanol–water partition coefficient (Wildman–Crippen LogP) is 5.67. The molecule has 0 aliphatic heterocycles. The number of nitrogens with one attached hydrogen (secondary N) is 4. The second-order valence-corrected chi connectivity index (χ2v) is 7.93. The number of fused-ring (bicyclic) bond motifs is 2. The maximum Gasteiger partial charge on any atom is 0.413 e. The lowest BCUT2D eigenvalue weighted by Gasteiger charge is -2.11. The van der Waals surface area contributed by atoms with Crippen molar-refractivity contribution < 1.29 is 19.1 Å². The SMILES string of the molecule is COC(=O)Nc1nc2cc(Oc3cccc(NC(=O)Nc4ccc5c(c4)CCC5)c3)ccc2[nH]1. The van der Waals surface area contributed by atoms with Gasteiger partial charge in [0, 0.05) is 23.5 Å². The molecule has 0 spiro atoms. The van der Waals surface area contributed by atoms with Gasteiger partial charge in [-0.2, -0.15) is 0 Å². The van der Waals surface area contributed by atoms with Crippen LogP contribution in [0.25, 0.3) is 11.0 Å². The maximum absolute atomic E-state index is 12.5. The van der Waals surface area contributed by atoms with E-state index in [1.165, 1.54) is 18.2 Å². The molecule has 3 amide bonds. The van der Waals surface area contributed by atoms with Crippen molar-refractivity contribution >= 4 is 40.5 Å². The van der Waals surface area contributed by atoms with Gasteiger partial charge >= 0.3 is 12.1 Å². The zero-order valence-electron chi connectivity index (χ0n) is 18.5. The smallest absolute Gasteiger partial charge is 0.413 e. The Bertz CT molecular complexity index is 1380. The van der Waals surface area contributed by atoms with Gasteiger partial charge in [0.05, 0.1) is 18.1 Å². The van der Waals surface area contributed by atoms with E-state index in [2.05, 4.69) is 36.7 Å². The van der Waals surface area contributed by atoms with Crippen LogP contribution in [0.3, 0.4) is 0 Å². The lowest BCUT2D eigenvalue weighted by molar-refractivity contribution is 0.186. The lowest BCUT2D eigenvalue weighted by atomic mass is 10.1. The van der Waals surface area contributed by atoms with E-state index in [0.717, 1.165) is 30.5 Å². The molecule has 172 valence electrons. The number of amides is 3. The van der Waals surface area contributed by atoms with Gasteiger partial charge in [0.15, 0.2) is 0 Å². The second kappa shape index (κ2) is 9.14. The quantitative estimate of drug-likeness (QED) is 0.308. The molecular weight excluding hydrogens is 434 g/mol. The van der Waals surface area contributed by atoms with Crippen LogP contribution in [-0.4, -0.2) is 29.2 Å². The predicted molar refractivity (Wildman–Crippen MR) is 130 cm³/mol. The van der Waals surface area contributed by atoms with Gasteiger partial charge in [-0.25, -0.2) is 14.6 Å². The molecule has 0 radical (unpaired) electrons. The number of carbonyl (C=O) groups is 2. The summed E-state index contributed by atoms with van der Waals surface area (Å²) in [6.07, 6.45) is 2.71. The summed E-state index contributed by atoms with van der Waals surface area (Å²) in [4.78, 5) is 31.1. The number of anilines is 3. The molecule has 4 aromatic rings. The van der Waals surface area contributed by atoms with E-state index in [1.54, 1.807) is 42.5 Å². The second-order valence-electron chi connectivity index (χ2n) is 7.93. The molecule has 1 aliphatic rings. The van der Waals surface area contributed by atoms with Gasteiger partial charge in [0.2, 0.25) is 5.95 Å². The summed E-state index contributed by atoms with van der Waals surface area (Å²) in [6.45, 7) is 0. The highest BCUT2D eigenvalue weighted by atomic mass is 16.5. The van der Waals surface area contributed by atoms with E-state index in [1.807, 2.05) is 12.1 Å². The molecule has 4 N–H and O–H groups in total. The summed E-state index contributed by atoms with van der Waals surface area (Å²) >= 11 is 0. The van der Waals surface area contributed by atoms with Crippen LogP contribution >= 0.6 is 0 Å². The molecule has 0 bridgehead atoms. The standard InChI is InChI=1S/C25H23N5O4/c1-33-25(32)30-23-28-21-11-10-20(14-22(21)29-23)34-19-7-3-6-17(13-19)26-24(31)27-18-9-8-15-4-2-5-16(15)12-18/h3,6-14H,2,4-5H2,1H3,(H2,26,27,31)(H2,28,29,30,32). The molecule has 1 aromatic heterocycles. The van der Waals surface area contributed by atoms with Crippen molar-refractivity contribution in [2.24, 2.45) is 0 Å². The molecular formula is C25H23N5O4. The normalized spacial score (nSPS) is 12.1. The number of aromatic nitrogens is 2. The average Bonchev–Trinajstić information content (AvgIpc) is 3.44. The summed E-state index contributed by atoms with van der Waals surface area (Å²) in [7, 11) is 1.28. The summed E-state index contributed by atoms with van der Waals surface area (Å²) in [5.41, 5.74) is 5.39. The third-order valence-electron chi connectivity index (χ3n) is 5.54. The van der Waals surface area contributed by atoms with Gasteiger partial charge in [-0.15, -0.1) is 0 Å². The fraction of sp³-hybridized carbons (Fsp3) is 0.160. The number of ether oxygens (including phenoxy) is 2. The summed E-state index contributed by atoms with van der Waals surface area (Å²) < 4.78 is 10.5. The van der Waals surface area contributed by atoms with Crippen LogP contribution in [0, 0.1) is 0 Å². The van der Waals surface area contributed by atoms with E-state index in [0.29, 0.717) is 22.7 Å². The molecule has 0 unspecified atom stereocenters. The molecule has 5 rings (SSSR count). The number of imidazole rings is 1. The highest BCUT2D eigenvalue weighted by Crippen LogP contribution is 2.28. The van der Waals surface area contributed by atoms with Crippen molar-refractivity contribution in [1.82, 2.24) is 9.97 Å². The Kier molecular flexibility index (Phi) is 5.73. The van der Waals surface area contributed by atoms with Crippen molar-refractivity contribution in [2.45, 2.75) is 19.3 Å². The van der Waals surface area contributed by atoms with Gasteiger partial charge in [0.1, 0.15) is 11.5 Å². The van der Waals surface area contributed by atoms with E-state index in [4.69, 9.17) is 4.74 Å². The highest BCUT2D eigenvalue weighted by molar-refractivity contribution is 6.00. The minimum absolute atomic E-state index is 0.277. The maximum atomic E-state index is 12.5. The molecule has 9 heteroatoms. The Morgan fingerprint density at radius 2 is 1.68 bits per heavy atom. The molecule has 0 saturated heterocycles. The lowest BCUT2D eigenvalue weighted by Crippen LogP contribution is -2.19. The number of methoxy groups -OCH3 is 1. The first-order chi connectivity index (χ1) is 16.6. The van der Waals surface area contributed by atoms with Gasteiger partial charge in [-0.3, -0.25) is 5.32 Å². The van der Waals surface area contributed by atoms with E-state index < -0.39 is 6.09 Å². The number of rotatable bonds is 5. The molecule has 1 aliphatic carbocycles. The van der Waals surface area contributed by atoms with Gasteiger partial charge < -0.3 is 25.1 Å².